The van der Waals surface area contributed by atoms with Gasteiger partial charge >= 0.3 is 12.1 Å². The number of amides is 3. The van der Waals surface area contributed by atoms with Gasteiger partial charge in [0.05, 0.1) is 19.4 Å². The van der Waals surface area contributed by atoms with Crippen LogP contribution in [0.15, 0.2) is 35.9 Å². The molecule has 3 amide bonds. The molecule has 1 aliphatic rings. The number of nitrogens with one attached hydrogen (secondary N) is 3. The van der Waals surface area contributed by atoms with Crippen molar-refractivity contribution in [3.05, 3.63) is 35.9 Å². The van der Waals surface area contributed by atoms with Crippen molar-refractivity contribution in [3.63, 3.8) is 0 Å². The number of nitrogens with zero attached hydrogens (tertiary/aromatic N) is 2. The number of nitrogens with two attached hydrogens (primary N) is 2. The minimum absolute atomic E-state index is 0.0949. The van der Waals surface area contributed by atoms with Gasteiger partial charge in [0.1, 0.15) is 23.3 Å². The van der Waals surface area contributed by atoms with Crippen molar-refractivity contribution in [1.29, 1.82) is 0 Å². The Morgan fingerprint density at radius 3 is 2.47 bits per heavy atom. The second-order valence-electron chi connectivity index (χ2n) is 9.38. The maximum Gasteiger partial charge on any atom is 0.410 e. The van der Waals surface area contributed by atoms with E-state index in [-0.39, 0.29) is 37.2 Å². The van der Waals surface area contributed by atoms with E-state index in [1.807, 2.05) is 0 Å². The number of halogens is 1. The first-order chi connectivity index (χ1) is 17.9. The van der Waals surface area contributed by atoms with Crippen molar-refractivity contribution in [1.82, 2.24) is 25.9 Å². The van der Waals surface area contributed by atoms with Gasteiger partial charge < -0.3 is 36.2 Å². The lowest BCUT2D eigenvalue weighted by Gasteiger charge is -2.29. The average molecular weight is 558 g/mol. The lowest BCUT2D eigenvalue weighted by molar-refractivity contribution is -0.140. The molecule has 0 spiro atoms. The zero-order valence-electron chi connectivity index (χ0n) is 22.4. The summed E-state index contributed by atoms with van der Waals surface area (Å²) in [7, 11) is 1.35. The fourth-order valence-corrected chi connectivity index (χ4v) is 3.34. The summed E-state index contributed by atoms with van der Waals surface area (Å²) in [5.41, 5.74) is 4.23. The first-order valence-corrected chi connectivity index (χ1v) is 12.6. The molecule has 1 rings (SSSR count). The Balaban J connectivity index is 2.66. The van der Waals surface area contributed by atoms with Crippen LogP contribution in [0.1, 0.15) is 46.5 Å². The zero-order chi connectivity index (χ0) is 28.7. The number of alkyl halides is 1. The van der Waals surface area contributed by atoms with Gasteiger partial charge in [0.15, 0.2) is 0 Å². The molecule has 13 nitrogen and oxygen atoms in total. The molecule has 1 aliphatic heterocycles. The van der Waals surface area contributed by atoms with E-state index in [2.05, 4.69) is 20.7 Å². The van der Waals surface area contributed by atoms with Gasteiger partial charge in [0.2, 0.25) is 5.91 Å². The summed E-state index contributed by atoms with van der Waals surface area (Å²) in [5, 5.41) is 9.53. The molecule has 0 bridgehead atoms. The highest BCUT2D eigenvalue weighted by atomic mass is 35.5. The molecule has 38 heavy (non-hydrogen) atoms. The Morgan fingerprint density at radius 2 is 1.87 bits per heavy atom. The van der Waals surface area contributed by atoms with E-state index in [0.29, 0.717) is 31.5 Å². The second kappa shape index (κ2) is 16.4. The van der Waals surface area contributed by atoms with Crippen molar-refractivity contribution in [2.45, 2.75) is 57.6 Å². The van der Waals surface area contributed by atoms with Crippen molar-refractivity contribution in [2.75, 3.05) is 33.3 Å². The Bertz CT molecular complexity index is 916. The fourth-order valence-electron chi connectivity index (χ4n) is 3.09. The monoisotopic (exact) mass is 557 g/mol. The number of dihydropyridines is 1. The van der Waals surface area contributed by atoms with Crippen molar-refractivity contribution >= 4 is 35.5 Å². The maximum atomic E-state index is 12.7. The number of unbranched alkanes of at least 4 members (excludes halogenated alkanes) is 2. The van der Waals surface area contributed by atoms with E-state index >= 15 is 0 Å². The fraction of sp³-hybridized carbons (Fsp3) is 0.583. The van der Waals surface area contributed by atoms with Gasteiger partial charge in [-0.05, 0) is 45.8 Å². The predicted molar refractivity (Wildman–Crippen MR) is 143 cm³/mol. The van der Waals surface area contributed by atoms with Crippen molar-refractivity contribution in [3.8, 4) is 0 Å². The van der Waals surface area contributed by atoms with Gasteiger partial charge in [-0.15, -0.1) is 0 Å². The number of methoxy groups -OCH3 is 1. The van der Waals surface area contributed by atoms with E-state index in [4.69, 9.17) is 27.9 Å². The third-order valence-corrected chi connectivity index (χ3v) is 5.32. The van der Waals surface area contributed by atoms with Gasteiger partial charge in [-0.2, -0.15) is 0 Å². The molecule has 1 atom stereocenters. The van der Waals surface area contributed by atoms with Crippen LogP contribution in [0.5, 0.6) is 0 Å². The van der Waals surface area contributed by atoms with Crippen LogP contribution >= 0.6 is 11.6 Å². The van der Waals surface area contributed by atoms with Gasteiger partial charge in [-0.3, -0.25) is 19.3 Å². The third kappa shape index (κ3) is 13.2. The molecule has 1 unspecified atom stereocenters. The highest BCUT2D eigenvalue weighted by Crippen LogP contribution is 2.14. The normalized spacial score (nSPS) is 15.1. The molecule has 0 fully saturated rings. The summed E-state index contributed by atoms with van der Waals surface area (Å²) >= 11 is 6.33. The number of esters is 1. The van der Waals surface area contributed by atoms with E-state index in [9.17, 15) is 19.2 Å². The minimum atomic E-state index is -0.881. The highest BCUT2D eigenvalue weighted by Gasteiger charge is 2.26. The maximum absolute atomic E-state index is 12.7. The molecular formula is C24H40ClN7O6. The van der Waals surface area contributed by atoms with E-state index in [1.165, 1.54) is 41.6 Å². The SMILES string of the molecule is COC(=O)CCCCCNC(=O)C1=CC=C(NC(=O)CN(CCN(N)/C=C\N)C(=O)OC(C)(C)C)C(Cl)N1. The number of ether oxygens (including phenoxy) is 2. The van der Waals surface area contributed by atoms with Gasteiger partial charge in [-0.1, -0.05) is 18.0 Å². The molecule has 7 N–H and O–H groups in total. The Labute approximate surface area is 228 Å². The Hall–Kier alpha value is -3.45. The summed E-state index contributed by atoms with van der Waals surface area (Å²) in [6.45, 7) is 5.57. The molecule has 0 aliphatic carbocycles. The first kappa shape index (κ1) is 32.6. The largest absolute Gasteiger partial charge is 0.469 e. The highest BCUT2D eigenvalue weighted by molar-refractivity contribution is 6.23. The van der Waals surface area contributed by atoms with Crippen LogP contribution in [0.4, 0.5) is 4.79 Å². The smallest absolute Gasteiger partial charge is 0.410 e. The number of hydrogen-bond acceptors (Lipinski definition) is 10. The van der Waals surface area contributed by atoms with Gasteiger partial charge in [0, 0.05) is 31.9 Å². The number of carbonyl (C=O) groups is 4. The molecule has 14 heteroatoms. The summed E-state index contributed by atoms with van der Waals surface area (Å²) < 4.78 is 9.98. The zero-order valence-corrected chi connectivity index (χ0v) is 23.2. The van der Waals surface area contributed by atoms with Crippen LogP contribution < -0.4 is 27.5 Å². The van der Waals surface area contributed by atoms with Crippen LogP contribution in [0.2, 0.25) is 0 Å². The summed E-state index contributed by atoms with van der Waals surface area (Å²) in [4.78, 5) is 50.0. The van der Waals surface area contributed by atoms with Gasteiger partial charge in [-0.25, -0.2) is 10.6 Å². The summed E-state index contributed by atoms with van der Waals surface area (Å²) in [5.74, 6) is 4.64. The standard InChI is InChI=1S/C24H40ClN7O6/c1-24(2,3)38-23(36)31(14-15-32(27)13-11-26)16-19(33)29-17-9-10-18(30-21(17)25)22(35)28-12-7-5-6-8-20(34)37-4/h9-11,13,21,30H,5-8,12,14-16,26-27H2,1-4H3,(H,28,35)(H,29,33)/b13-11-. The van der Waals surface area contributed by atoms with Crippen LogP contribution in [0.3, 0.4) is 0 Å². The van der Waals surface area contributed by atoms with Crippen molar-refractivity contribution < 1.29 is 28.7 Å². The molecule has 0 radical (unpaired) electrons. The molecule has 0 aromatic rings. The molecular weight excluding hydrogens is 518 g/mol. The number of carbonyl (C=O) groups excluding carboxylic acids is 4. The first-order valence-electron chi connectivity index (χ1n) is 12.2. The predicted octanol–water partition coefficient (Wildman–Crippen LogP) is 0.731. The molecule has 0 saturated heterocycles. The van der Waals surface area contributed by atoms with Crippen LogP contribution in [-0.2, 0) is 23.9 Å². The molecule has 0 aromatic heterocycles. The topological polar surface area (TPSA) is 181 Å². The van der Waals surface area contributed by atoms with E-state index < -0.39 is 23.1 Å². The summed E-state index contributed by atoms with van der Waals surface area (Å²) in [6, 6.07) is 0. The lowest BCUT2D eigenvalue weighted by atomic mass is 10.2. The number of hydrazine groups is 1. The molecule has 0 aromatic carbocycles. The minimum Gasteiger partial charge on any atom is -0.469 e. The number of rotatable bonds is 14. The quantitative estimate of drug-likeness (QED) is 0.0510. The molecule has 1 heterocycles. The van der Waals surface area contributed by atoms with E-state index in [0.717, 1.165) is 6.42 Å². The Kier molecular flexibility index (Phi) is 14.1. The van der Waals surface area contributed by atoms with E-state index in [1.54, 1.807) is 20.8 Å². The number of hydrogen-bond donors (Lipinski definition) is 5. The van der Waals surface area contributed by atoms with Crippen LogP contribution in [0, 0.1) is 0 Å². The summed E-state index contributed by atoms with van der Waals surface area (Å²) in [6.07, 6.45) is 7.51. The van der Waals surface area contributed by atoms with Crippen LogP contribution in [-0.4, -0.2) is 78.2 Å². The third-order valence-electron chi connectivity index (χ3n) is 4.98. The van der Waals surface area contributed by atoms with Crippen LogP contribution in [0.25, 0.3) is 0 Å². The molecule has 214 valence electrons. The second-order valence-corrected chi connectivity index (χ2v) is 9.82. The van der Waals surface area contributed by atoms with Gasteiger partial charge in [0.25, 0.3) is 5.91 Å². The van der Waals surface area contributed by atoms with Crippen molar-refractivity contribution in [2.24, 2.45) is 11.6 Å². The number of allylic oxidation sites excluding steroid dienone is 2. The average Bonchev–Trinajstić information content (AvgIpc) is 2.83. The molecule has 0 saturated carbocycles. The lowest BCUT2D eigenvalue weighted by Crippen LogP contribution is -2.48. The Morgan fingerprint density at radius 1 is 1.16 bits per heavy atom.